The summed E-state index contributed by atoms with van der Waals surface area (Å²) >= 11 is 0. The molecule has 0 aromatic carbocycles. The van der Waals surface area contributed by atoms with E-state index in [2.05, 4.69) is 27.8 Å². The first-order valence-electron chi connectivity index (χ1n) is 4.86. The Bertz CT molecular complexity index is 132. The lowest BCUT2D eigenvalue weighted by Gasteiger charge is -2.44. The average molecular weight is 156 g/mol. The van der Waals surface area contributed by atoms with Gasteiger partial charge in [0.2, 0.25) is 0 Å². The van der Waals surface area contributed by atoms with Crippen molar-refractivity contribution in [3.8, 4) is 0 Å². The standard InChI is InChI=1S/C10H22N/c1-5-10(2,3)11(4)8-6-7-9-11/h5-9H2,1-4H3/q+1. The minimum atomic E-state index is 0.497. The summed E-state index contributed by atoms with van der Waals surface area (Å²) in [6.07, 6.45) is 4.16. The van der Waals surface area contributed by atoms with Crippen molar-refractivity contribution in [2.24, 2.45) is 0 Å². The van der Waals surface area contributed by atoms with Gasteiger partial charge in [0.15, 0.2) is 0 Å². The lowest BCUT2D eigenvalue weighted by Crippen LogP contribution is -2.56. The first-order chi connectivity index (χ1) is 5.02. The van der Waals surface area contributed by atoms with E-state index in [9.17, 15) is 0 Å². The maximum absolute atomic E-state index is 2.41. The molecule has 66 valence electrons. The maximum atomic E-state index is 2.41. The van der Waals surface area contributed by atoms with Crippen LogP contribution >= 0.6 is 0 Å². The van der Waals surface area contributed by atoms with Gasteiger partial charge in [-0.1, -0.05) is 6.92 Å². The molecule has 1 heterocycles. The van der Waals surface area contributed by atoms with Crippen LogP contribution in [0.3, 0.4) is 0 Å². The molecule has 1 rings (SSSR count). The molecular weight excluding hydrogens is 134 g/mol. The highest BCUT2D eigenvalue weighted by molar-refractivity contribution is 4.70. The Balaban J connectivity index is 2.69. The predicted molar refractivity (Wildman–Crippen MR) is 49.5 cm³/mol. The van der Waals surface area contributed by atoms with Crippen molar-refractivity contribution >= 4 is 0 Å². The molecule has 0 unspecified atom stereocenters. The van der Waals surface area contributed by atoms with E-state index in [1.165, 1.54) is 36.8 Å². The van der Waals surface area contributed by atoms with Gasteiger partial charge in [-0.2, -0.15) is 0 Å². The third kappa shape index (κ3) is 1.44. The molecule has 0 spiro atoms. The number of nitrogens with zero attached hydrogens (tertiary/aromatic N) is 1. The topological polar surface area (TPSA) is 0 Å². The van der Waals surface area contributed by atoms with Crippen LogP contribution in [0.4, 0.5) is 0 Å². The third-order valence-corrected chi connectivity index (χ3v) is 3.88. The van der Waals surface area contributed by atoms with Crippen molar-refractivity contribution in [1.29, 1.82) is 0 Å². The molecule has 0 amide bonds. The molecule has 1 nitrogen and oxygen atoms in total. The van der Waals surface area contributed by atoms with E-state index in [1.807, 2.05) is 0 Å². The molecule has 0 aromatic rings. The largest absolute Gasteiger partial charge is 0.322 e. The first kappa shape index (κ1) is 9.05. The molecule has 11 heavy (non-hydrogen) atoms. The molecule has 1 fully saturated rings. The van der Waals surface area contributed by atoms with E-state index in [0.29, 0.717) is 5.54 Å². The fourth-order valence-corrected chi connectivity index (χ4v) is 2.02. The van der Waals surface area contributed by atoms with Crippen LogP contribution in [0.5, 0.6) is 0 Å². The molecule has 0 atom stereocenters. The smallest absolute Gasteiger partial charge is 0.0930 e. The van der Waals surface area contributed by atoms with Crippen molar-refractivity contribution in [3.63, 3.8) is 0 Å². The number of hydrogen-bond donors (Lipinski definition) is 0. The van der Waals surface area contributed by atoms with E-state index in [0.717, 1.165) is 0 Å². The molecular formula is C10H22N+. The van der Waals surface area contributed by atoms with E-state index in [4.69, 9.17) is 0 Å². The maximum Gasteiger partial charge on any atom is 0.0930 e. The average Bonchev–Trinajstić information content (AvgIpc) is 2.38. The first-order valence-corrected chi connectivity index (χ1v) is 4.86. The number of quaternary nitrogens is 1. The second-order valence-electron chi connectivity index (χ2n) is 4.72. The normalized spacial score (nSPS) is 24.0. The van der Waals surface area contributed by atoms with Crippen LogP contribution in [0.25, 0.3) is 0 Å². The fourth-order valence-electron chi connectivity index (χ4n) is 2.02. The summed E-state index contributed by atoms with van der Waals surface area (Å²) in [5, 5.41) is 0. The second-order valence-corrected chi connectivity index (χ2v) is 4.72. The lowest BCUT2D eigenvalue weighted by molar-refractivity contribution is -0.945. The highest BCUT2D eigenvalue weighted by atomic mass is 15.4. The summed E-state index contributed by atoms with van der Waals surface area (Å²) in [5.74, 6) is 0. The quantitative estimate of drug-likeness (QED) is 0.539. The van der Waals surface area contributed by atoms with Crippen molar-refractivity contribution in [2.45, 2.75) is 45.6 Å². The molecule has 1 aliphatic heterocycles. The highest BCUT2D eigenvalue weighted by Gasteiger charge is 2.40. The zero-order valence-corrected chi connectivity index (χ0v) is 8.48. The molecule has 0 aromatic heterocycles. The van der Waals surface area contributed by atoms with Crippen molar-refractivity contribution in [2.75, 3.05) is 20.1 Å². The Hall–Kier alpha value is -0.0400. The van der Waals surface area contributed by atoms with Gasteiger partial charge >= 0.3 is 0 Å². The fraction of sp³-hybridized carbons (Fsp3) is 1.00. The molecule has 0 N–H and O–H groups in total. The van der Waals surface area contributed by atoms with Gasteiger partial charge in [-0.15, -0.1) is 0 Å². The molecule has 0 saturated carbocycles. The van der Waals surface area contributed by atoms with Crippen molar-refractivity contribution in [1.82, 2.24) is 0 Å². The molecule has 1 saturated heterocycles. The predicted octanol–water partition coefficient (Wildman–Crippen LogP) is 2.42. The molecule has 1 heteroatoms. The zero-order valence-electron chi connectivity index (χ0n) is 8.48. The van der Waals surface area contributed by atoms with Gasteiger partial charge in [-0.3, -0.25) is 0 Å². The van der Waals surface area contributed by atoms with Crippen LogP contribution < -0.4 is 0 Å². The number of likely N-dealkylation sites (tertiary alicyclic amines) is 1. The van der Waals surface area contributed by atoms with Crippen molar-refractivity contribution in [3.05, 3.63) is 0 Å². The van der Waals surface area contributed by atoms with Crippen molar-refractivity contribution < 1.29 is 4.48 Å². The summed E-state index contributed by atoms with van der Waals surface area (Å²) in [4.78, 5) is 0. The summed E-state index contributed by atoms with van der Waals surface area (Å²) in [7, 11) is 2.41. The van der Waals surface area contributed by atoms with Gasteiger partial charge in [0, 0.05) is 12.8 Å². The van der Waals surface area contributed by atoms with Crippen LogP contribution in [-0.4, -0.2) is 30.2 Å². The minimum Gasteiger partial charge on any atom is -0.322 e. The van der Waals surface area contributed by atoms with Crippen LogP contribution in [0.1, 0.15) is 40.0 Å². The summed E-state index contributed by atoms with van der Waals surface area (Å²) < 4.78 is 1.30. The van der Waals surface area contributed by atoms with Crippen LogP contribution in [0.15, 0.2) is 0 Å². The van der Waals surface area contributed by atoms with Crippen LogP contribution in [-0.2, 0) is 0 Å². The zero-order chi connectivity index (χ0) is 8.54. The van der Waals surface area contributed by atoms with Gasteiger partial charge < -0.3 is 4.48 Å². The summed E-state index contributed by atoms with van der Waals surface area (Å²) in [6.45, 7) is 9.89. The van der Waals surface area contributed by atoms with E-state index in [1.54, 1.807) is 0 Å². The van der Waals surface area contributed by atoms with E-state index < -0.39 is 0 Å². The third-order valence-electron chi connectivity index (χ3n) is 3.88. The number of rotatable bonds is 2. The SMILES string of the molecule is CCC(C)(C)[N+]1(C)CCCC1. The van der Waals surface area contributed by atoms with Gasteiger partial charge in [0.1, 0.15) is 0 Å². The highest BCUT2D eigenvalue weighted by Crippen LogP contribution is 2.30. The van der Waals surface area contributed by atoms with Crippen LogP contribution in [0.2, 0.25) is 0 Å². The monoisotopic (exact) mass is 156 g/mol. The molecule has 0 bridgehead atoms. The Kier molecular flexibility index (Phi) is 2.29. The Morgan fingerprint density at radius 1 is 1.18 bits per heavy atom. The minimum absolute atomic E-state index is 0.497. The number of hydrogen-bond acceptors (Lipinski definition) is 0. The van der Waals surface area contributed by atoms with Gasteiger partial charge in [-0.25, -0.2) is 0 Å². The summed E-state index contributed by atoms with van der Waals surface area (Å²) in [6, 6.07) is 0. The molecule has 0 aliphatic carbocycles. The lowest BCUT2D eigenvalue weighted by atomic mass is 9.97. The van der Waals surface area contributed by atoms with E-state index >= 15 is 0 Å². The van der Waals surface area contributed by atoms with Gasteiger partial charge in [0.05, 0.1) is 25.7 Å². The Labute approximate surface area is 71.0 Å². The Morgan fingerprint density at radius 3 is 2.00 bits per heavy atom. The van der Waals surface area contributed by atoms with E-state index in [-0.39, 0.29) is 0 Å². The Morgan fingerprint density at radius 2 is 1.64 bits per heavy atom. The van der Waals surface area contributed by atoms with Gasteiger partial charge in [-0.05, 0) is 20.3 Å². The van der Waals surface area contributed by atoms with Gasteiger partial charge in [0.25, 0.3) is 0 Å². The molecule has 0 radical (unpaired) electrons. The second kappa shape index (κ2) is 2.78. The molecule has 1 aliphatic rings. The summed E-state index contributed by atoms with van der Waals surface area (Å²) in [5.41, 5.74) is 0.497. The van der Waals surface area contributed by atoms with Crippen LogP contribution in [0, 0.1) is 0 Å².